The van der Waals surface area contributed by atoms with Gasteiger partial charge in [0, 0.05) is 19.0 Å². The maximum absolute atomic E-state index is 12.3. The Hall–Kier alpha value is -1.14. The monoisotopic (exact) mass is 340 g/mol. The fourth-order valence-corrected chi connectivity index (χ4v) is 4.30. The molecule has 1 aliphatic heterocycles. The van der Waals surface area contributed by atoms with E-state index in [4.69, 9.17) is 10.3 Å². The topological polar surface area (TPSA) is 85.2 Å². The lowest BCUT2D eigenvalue weighted by Crippen LogP contribution is -2.34. The van der Waals surface area contributed by atoms with Crippen LogP contribution >= 0.6 is 12.4 Å². The quantitative estimate of drug-likeness (QED) is 0.913. The van der Waals surface area contributed by atoms with Crippen LogP contribution in [0.3, 0.4) is 0 Å². The number of nitrogens with zero attached hydrogens (tertiary/aromatic N) is 3. The van der Waals surface area contributed by atoms with Crippen molar-refractivity contribution in [2.24, 2.45) is 5.73 Å². The molecule has 23 heavy (non-hydrogen) atoms. The minimum Gasteiger partial charge on any atom is -0.339 e. The number of hydrogen-bond acceptors (Lipinski definition) is 5. The predicted octanol–water partition coefficient (Wildman–Crippen LogP) is 2.48. The molecule has 1 atom stereocenters. The molecule has 128 valence electrons. The molecule has 0 aromatic carbocycles. The second-order valence-corrected chi connectivity index (χ2v) is 7.20. The molecular weight excluding hydrogens is 316 g/mol. The molecule has 0 radical (unpaired) electrons. The van der Waals surface area contributed by atoms with E-state index < -0.39 is 5.54 Å². The van der Waals surface area contributed by atoms with Crippen LogP contribution in [0.5, 0.6) is 0 Å². The van der Waals surface area contributed by atoms with Gasteiger partial charge < -0.3 is 15.2 Å². The molecule has 4 rings (SSSR count). The molecule has 0 spiro atoms. The van der Waals surface area contributed by atoms with Crippen LogP contribution < -0.4 is 5.73 Å². The minimum atomic E-state index is -0.421. The second-order valence-electron chi connectivity index (χ2n) is 7.20. The average molecular weight is 341 g/mol. The summed E-state index contributed by atoms with van der Waals surface area (Å²) in [6, 6.07) is 0.426. The standard InChI is InChI=1S/C16H24N4O2.ClH/c17-16(7-3-4-8-16)15-18-14(22-19-15)11-9-13(21)20(10-11)12-5-1-2-6-12;/h11-12H,1-10,17H2;1H. The molecule has 2 aliphatic carbocycles. The van der Waals surface area contributed by atoms with Gasteiger partial charge in [-0.3, -0.25) is 4.79 Å². The number of carbonyl (C=O) groups is 1. The molecule has 3 aliphatic rings. The first-order valence-corrected chi connectivity index (χ1v) is 8.58. The highest BCUT2D eigenvalue weighted by Crippen LogP contribution is 2.37. The van der Waals surface area contributed by atoms with E-state index in [1.165, 1.54) is 12.8 Å². The normalized spacial score (nSPS) is 27.6. The highest BCUT2D eigenvalue weighted by molar-refractivity contribution is 5.85. The Kier molecular flexibility index (Phi) is 4.65. The van der Waals surface area contributed by atoms with E-state index in [-0.39, 0.29) is 24.2 Å². The Balaban J connectivity index is 0.00000156. The second kappa shape index (κ2) is 6.40. The van der Waals surface area contributed by atoms with Crippen LogP contribution in [0.4, 0.5) is 0 Å². The van der Waals surface area contributed by atoms with Crippen LogP contribution in [-0.4, -0.2) is 33.5 Å². The lowest BCUT2D eigenvalue weighted by molar-refractivity contribution is -0.129. The molecule has 1 amide bonds. The molecular formula is C16H25ClN4O2. The summed E-state index contributed by atoms with van der Waals surface area (Å²) < 4.78 is 5.47. The lowest BCUT2D eigenvalue weighted by atomic mass is 9.98. The highest BCUT2D eigenvalue weighted by atomic mass is 35.5. The van der Waals surface area contributed by atoms with E-state index in [0.29, 0.717) is 24.2 Å². The van der Waals surface area contributed by atoms with Gasteiger partial charge in [0.1, 0.15) is 0 Å². The van der Waals surface area contributed by atoms with E-state index in [9.17, 15) is 4.79 Å². The number of halogens is 1. The Bertz CT molecular complexity index is 564. The molecule has 2 N–H and O–H groups in total. The van der Waals surface area contributed by atoms with Crippen molar-refractivity contribution >= 4 is 18.3 Å². The van der Waals surface area contributed by atoms with Gasteiger partial charge >= 0.3 is 0 Å². The van der Waals surface area contributed by atoms with Gasteiger partial charge in [0.2, 0.25) is 11.8 Å². The first-order chi connectivity index (χ1) is 10.7. The molecule has 7 heteroatoms. The van der Waals surface area contributed by atoms with Crippen LogP contribution in [0.2, 0.25) is 0 Å². The van der Waals surface area contributed by atoms with E-state index in [1.54, 1.807) is 0 Å². The van der Waals surface area contributed by atoms with Crippen molar-refractivity contribution in [1.29, 1.82) is 0 Å². The van der Waals surface area contributed by atoms with Gasteiger partial charge in [0.05, 0.1) is 11.5 Å². The molecule has 2 saturated carbocycles. The van der Waals surface area contributed by atoms with Crippen molar-refractivity contribution in [1.82, 2.24) is 15.0 Å². The van der Waals surface area contributed by atoms with Crippen LogP contribution in [-0.2, 0) is 10.3 Å². The Morgan fingerprint density at radius 1 is 1.17 bits per heavy atom. The van der Waals surface area contributed by atoms with Gasteiger partial charge in [-0.2, -0.15) is 4.98 Å². The summed E-state index contributed by atoms with van der Waals surface area (Å²) >= 11 is 0. The van der Waals surface area contributed by atoms with Crippen LogP contribution in [0.25, 0.3) is 0 Å². The average Bonchev–Trinajstić information content (AvgIpc) is 3.25. The number of hydrogen-bond donors (Lipinski definition) is 1. The number of amides is 1. The Morgan fingerprint density at radius 2 is 1.87 bits per heavy atom. The summed E-state index contributed by atoms with van der Waals surface area (Å²) in [6.45, 7) is 0.725. The summed E-state index contributed by atoms with van der Waals surface area (Å²) in [6.07, 6.45) is 9.33. The first-order valence-electron chi connectivity index (χ1n) is 8.58. The zero-order valence-corrected chi connectivity index (χ0v) is 14.2. The summed E-state index contributed by atoms with van der Waals surface area (Å²) in [7, 11) is 0. The minimum absolute atomic E-state index is 0. The molecule has 6 nitrogen and oxygen atoms in total. The van der Waals surface area contributed by atoms with Crippen molar-refractivity contribution in [3.05, 3.63) is 11.7 Å². The van der Waals surface area contributed by atoms with Gasteiger partial charge in [-0.15, -0.1) is 12.4 Å². The highest BCUT2D eigenvalue weighted by Gasteiger charge is 2.41. The smallest absolute Gasteiger partial charge is 0.232 e. The van der Waals surface area contributed by atoms with Crippen molar-refractivity contribution in [3.8, 4) is 0 Å². The molecule has 1 saturated heterocycles. The maximum Gasteiger partial charge on any atom is 0.232 e. The fourth-order valence-electron chi connectivity index (χ4n) is 4.30. The molecule has 3 fully saturated rings. The maximum atomic E-state index is 12.3. The van der Waals surface area contributed by atoms with Crippen molar-refractivity contribution < 1.29 is 9.32 Å². The summed E-state index contributed by atoms with van der Waals surface area (Å²) in [4.78, 5) is 18.9. The van der Waals surface area contributed by atoms with Crippen LogP contribution in [0.15, 0.2) is 4.52 Å². The van der Waals surface area contributed by atoms with Crippen molar-refractivity contribution in [3.63, 3.8) is 0 Å². The summed E-state index contributed by atoms with van der Waals surface area (Å²) in [5.41, 5.74) is 5.96. The Labute approximate surface area is 142 Å². The zero-order valence-electron chi connectivity index (χ0n) is 13.4. The molecule has 1 unspecified atom stereocenters. The zero-order chi connectivity index (χ0) is 15.2. The third-order valence-electron chi connectivity index (χ3n) is 5.66. The number of rotatable bonds is 3. The van der Waals surface area contributed by atoms with Crippen molar-refractivity contribution in [2.45, 2.75) is 75.3 Å². The van der Waals surface area contributed by atoms with Gasteiger partial charge in [-0.1, -0.05) is 30.8 Å². The predicted molar refractivity (Wildman–Crippen MR) is 87.2 cm³/mol. The van der Waals surface area contributed by atoms with Gasteiger partial charge in [0.15, 0.2) is 5.82 Å². The SMILES string of the molecule is Cl.NC1(c2noc(C3CC(=O)N(C4CCCC4)C3)n2)CCCC1. The molecule has 1 aromatic heterocycles. The van der Waals surface area contributed by atoms with E-state index in [0.717, 1.165) is 45.1 Å². The fraction of sp³-hybridized carbons (Fsp3) is 0.812. The number of likely N-dealkylation sites (tertiary alicyclic amines) is 1. The molecule has 1 aromatic rings. The summed E-state index contributed by atoms with van der Waals surface area (Å²) in [5, 5.41) is 4.12. The molecule has 2 heterocycles. The Morgan fingerprint density at radius 3 is 2.57 bits per heavy atom. The van der Waals surface area contributed by atoms with Gasteiger partial charge in [-0.05, 0) is 25.7 Å². The first kappa shape index (κ1) is 16.7. The summed E-state index contributed by atoms with van der Waals surface area (Å²) in [5.74, 6) is 1.51. The van der Waals surface area contributed by atoms with Crippen LogP contribution in [0, 0.1) is 0 Å². The largest absolute Gasteiger partial charge is 0.339 e. The number of carbonyl (C=O) groups excluding carboxylic acids is 1. The van der Waals surface area contributed by atoms with Gasteiger partial charge in [0.25, 0.3) is 0 Å². The van der Waals surface area contributed by atoms with Crippen molar-refractivity contribution in [2.75, 3.05) is 6.54 Å². The number of aromatic nitrogens is 2. The third kappa shape index (κ3) is 2.98. The van der Waals surface area contributed by atoms with Crippen LogP contribution in [0.1, 0.15) is 75.4 Å². The van der Waals surface area contributed by atoms with E-state index >= 15 is 0 Å². The molecule has 0 bridgehead atoms. The lowest BCUT2D eigenvalue weighted by Gasteiger charge is -2.23. The third-order valence-corrected chi connectivity index (χ3v) is 5.66. The number of nitrogens with two attached hydrogens (primary N) is 1. The van der Waals surface area contributed by atoms with Gasteiger partial charge in [-0.25, -0.2) is 0 Å². The van der Waals surface area contributed by atoms with E-state index in [1.807, 2.05) is 4.90 Å². The van der Waals surface area contributed by atoms with E-state index in [2.05, 4.69) is 10.1 Å².